The standard InChI is InChI=1S/C17H26N2O2S/c1-13(12-14-6-4-5-7-16(14)22-3)18-15-8-10-19(11-9-15)17(20)21-2/h4-7,13,15,18H,8-12H2,1-3H3/t13-/m1/s1. The van der Waals surface area contributed by atoms with Crippen molar-refractivity contribution in [1.29, 1.82) is 0 Å². The Balaban J connectivity index is 1.81. The van der Waals surface area contributed by atoms with E-state index in [1.807, 2.05) is 0 Å². The maximum Gasteiger partial charge on any atom is 0.409 e. The van der Waals surface area contributed by atoms with Crippen LogP contribution in [0.5, 0.6) is 0 Å². The maximum atomic E-state index is 11.5. The second-order valence-corrected chi connectivity index (χ2v) is 6.66. The molecule has 5 heteroatoms. The molecule has 1 aliphatic heterocycles. The highest BCUT2D eigenvalue weighted by molar-refractivity contribution is 7.98. The van der Waals surface area contributed by atoms with Crippen LogP contribution >= 0.6 is 11.8 Å². The van der Waals surface area contributed by atoms with E-state index in [0.717, 1.165) is 32.4 Å². The SMILES string of the molecule is COC(=O)N1CCC(N[C@H](C)Cc2ccccc2SC)CC1. The Morgan fingerprint density at radius 1 is 1.41 bits per heavy atom. The molecule has 0 saturated carbocycles. The predicted molar refractivity (Wildman–Crippen MR) is 91.5 cm³/mol. The molecule has 1 aliphatic rings. The molecule has 1 amide bonds. The number of hydrogen-bond acceptors (Lipinski definition) is 4. The fourth-order valence-corrected chi connectivity index (χ4v) is 3.65. The number of carbonyl (C=O) groups is 1. The number of thioether (sulfide) groups is 1. The highest BCUT2D eigenvalue weighted by Crippen LogP contribution is 2.21. The number of carbonyl (C=O) groups excluding carboxylic acids is 1. The first-order chi connectivity index (χ1) is 10.6. The van der Waals surface area contributed by atoms with Crippen LogP contribution in [0.4, 0.5) is 4.79 Å². The first-order valence-corrected chi connectivity index (χ1v) is 9.07. The van der Waals surface area contributed by atoms with E-state index in [4.69, 9.17) is 4.74 Å². The first-order valence-electron chi connectivity index (χ1n) is 7.85. The minimum Gasteiger partial charge on any atom is -0.453 e. The maximum absolute atomic E-state index is 11.5. The molecule has 0 aromatic heterocycles. The third-order valence-corrected chi connectivity index (χ3v) is 5.00. The number of benzene rings is 1. The van der Waals surface area contributed by atoms with Crippen LogP contribution in [0.25, 0.3) is 0 Å². The van der Waals surface area contributed by atoms with Crippen molar-refractivity contribution < 1.29 is 9.53 Å². The van der Waals surface area contributed by atoms with Crippen LogP contribution in [0, 0.1) is 0 Å². The zero-order valence-corrected chi connectivity index (χ0v) is 14.5. The Kier molecular flexibility index (Phi) is 6.58. The van der Waals surface area contributed by atoms with Crippen LogP contribution in [0.1, 0.15) is 25.3 Å². The van der Waals surface area contributed by atoms with Gasteiger partial charge in [0.1, 0.15) is 0 Å². The van der Waals surface area contributed by atoms with Crippen molar-refractivity contribution in [2.75, 3.05) is 26.5 Å². The molecule has 4 nitrogen and oxygen atoms in total. The van der Waals surface area contributed by atoms with Crippen LogP contribution in [-0.4, -0.2) is 49.5 Å². The summed E-state index contributed by atoms with van der Waals surface area (Å²) in [5.74, 6) is 0. The molecule has 2 rings (SSSR count). The summed E-state index contributed by atoms with van der Waals surface area (Å²) in [6.45, 7) is 3.79. The molecule has 1 heterocycles. The summed E-state index contributed by atoms with van der Waals surface area (Å²) in [4.78, 5) is 14.6. The molecule has 122 valence electrons. The number of likely N-dealkylation sites (tertiary alicyclic amines) is 1. The van der Waals surface area contributed by atoms with E-state index in [1.54, 1.807) is 16.7 Å². The molecule has 0 bridgehead atoms. The highest BCUT2D eigenvalue weighted by Gasteiger charge is 2.24. The Bertz CT molecular complexity index is 487. The number of ether oxygens (including phenoxy) is 1. The average Bonchev–Trinajstić information content (AvgIpc) is 2.55. The molecule has 1 atom stereocenters. The van der Waals surface area contributed by atoms with Gasteiger partial charge in [-0.05, 0) is 44.1 Å². The minimum absolute atomic E-state index is 0.208. The molecule has 1 N–H and O–H groups in total. The topological polar surface area (TPSA) is 41.6 Å². The number of nitrogens with zero attached hydrogens (tertiary/aromatic N) is 1. The van der Waals surface area contributed by atoms with Crippen LogP contribution < -0.4 is 5.32 Å². The Morgan fingerprint density at radius 3 is 2.73 bits per heavy atom. The monoisotopic (exact) mass is 322 g/mol. The molecule has 0 radical (unpaired) electrons. The van der Waals surface area contributed by atoms with E-state index in [0.29, 0.717) is 12.1 Å². The van der Waals surface area contributed by atoms with Gasteiger partial charge in [0.25, 0.3) is 0 Å². The van der Waals surface area contributed by atoms with Crippen LogP contribution in [0.15, 0.2) is 29.2 Å². The van der Waals surface area contributed by atoms with Crippen LogP contribution in [0.3, 0.4) is 0 Å². The lowest BCUT2D eigenvalue weighted by atomic mass is 10.0. The molecular formula is C17H26N2O2S. The highest BCUT2D eigenvalue weighted by atomic mass is 32.2. The van der Waals surface area contributed by atoms with Gasteiger partial charge in [-0.1, -0.05) is 18.2 Å². The number of rotatable bonds is 5. The molecule has 1 saturated heterocycles. The molecule has 1 aromatic carbocycles. The summed E-state index contributed by atoms with van der Waals surface area (Å²) in [5.41, 5.74) is 1.40. The van der Waals surface area contributed by atoms with Gasteiger partial charge in [0.15, 0.2) is 0 Å². The van der Waals surface area contributed by atoms with Crippen molar-refractivity contribution in [3.63, 3.8) is 0 Å². The van der Waals surface area contributed by atoms with Gasteiger partial charge in [-0.2, -0.15) is 0 Å². The van der Waals surface area contributed by atoms with Crippen molar-refractivity contribution >= 4 is 17.9 Å². The van der Waals surface area contributed by atoms with E-state index in [2.05, 4.69) is 42.8 Å². The van der Waals surface area contributed by atoms with Crippen LogP contribution in [-0.2, 0) is 11.2 Å². The molecule has 0 aliphatic carbocycles. The van der Waals surface area contributed by atoms with Gasteiger partial charge in [0.2, 0.25) is 0 Å². The van der Waals surface area contributed by atoms with Crippen molar-refractivity contribution in [3.8, 4) is 0 Å². The summed E-state index contributed by atoms with van der Waals surface area (Å²) < 4.78 is 4.77. The largest absolute Gasteiger partial charge is 0.453 e. The Labute approximate surface area is 137 Å². The number of piperidine rings is 1. The number of methoxy groups -OCH3 is 1. The summed E-state index contributed by atoms with van der Waals surface area (Å²) in [7, 11) is 1.44. The van der Waals surface area contributed by atoms with Gasteiger partial charge >= 0.3 is 6.09 Å². The lowest BCUT2D eigenvalue weighted by Crippen LogP contribution is -2.47. The zero-order chi connectivity index (χ0) is 15.9. The quantitative estimate of drug-likeness (QED) is 0.846. The second-order valence-electron chi connectivity index (χ2n) is 5.82. The summed E-state index contributed by atoms with van der Waals surface area (Å²) in [5, 5.41) is 3.71. The summed E-state index contributed by atoms with van der Waals surface area (Å²) in [6.07, 6.45) is 4.93. The lowest BCUT2D eigenvalue weighted by Gasteiger charge is -2.33. The van der Waals surface area contributed by atoms with E-state index < -0.39 is 0 Å². The van der Waals surface area contributed by atoms with E-state index in [9.17, 15) is 4.79 Å². The van der Waals surface area contributed by atoms with Crippen molar-refractivity contribution in [3.05, 3.63) is 29.8 Å². The smallest absolute Gasteiger partial charge is 0.409 e. The summed E-state index contributed by atoms with van der Waals surface area (Å²) in [6, 6.07) is 9.51. The number of amides is 1. The van der Waals surface area contributed by atoms with Crippen molar-refractivity contribution in [2.24, 2.45) is 0 Å². The molecular weight excluding hydrogens is 296 g/mol. The molecule has 0 unspecified atom stereocenters. The van der Waals surface area contributed by atoms with Gasteiger partial charge in [0.05, 0.1) is 7.11 Å². The van der Waals surface area contributed by atoms with Crippen LogP contribution in [0.2, 0.25) is 0 Å². The van der Waals surface area contributed by atoms with Gasteiger partial charge in [0, 0.05) is 30.1 Å². The lowest BCUT2D eigenvalue weighted by molar-refractivity contribution is 0.109. The fraction of sp³-hybridized carbons (Fsp3) is 0.588. The average molecular weight is 322 g/mol. The molecule has 0 spiro atoms. The van der Waals surface area contributed by atoms with E-state index in [1.165, 1.54) is 17.6 Å². The van der Waals surface area contributed by atoms with Crippen molar-refractivity contribution in [1.82, 2.24) is 10.2 Å². The second kappa shape index (κ2) is 8.44. The summed E-state index contributed by atoms with van der Waals surface area (Å²) >= 11 is 1.80. The molecule has 1 fully saturated rings. The zero-order valence-electron chi connectivity index (χ0n) is 13.7. The third-order valence-electron chi connectivity index (χ3n) is 4.17. The number of nitrogens with one attached hydrogen (secondary N) is 1. The fourth-order valence-electron chi connectivity index (χ4n) is 3.02. The number of hydrogen-bond donors (Lipinski definition) is 1. The molecule has 1 aromatic rings. The van der Waals surface area contributed by atoms with Gasteiger partial charge in [-0.25, -0.2) is 4.79 Å². The normalized spacial score (nSPS) is 17.3. The third kappa shape index (κ3) is 4.65. The Morgan fingerprint density at radius 2 is 2.09 bits per heavy atom. The van der Waals surface area contributed by atoms with Gasteiger partial charge in [-0.15, -0.1) is 11.8 Å². The predicted octanol–water partition coefficient (Wildman–Crippen LogP) is 3.16. The van der Waals surface area contributed by atoms with E-state index in [-0.39, 0.29) is 6.09 Å². The van der Waals surface area contributed by atoms with E-state index >= 15 is 0 Å². The molecule has 22 heavy (non-hydrogen) atoms. The minimum atomic E-state index is -0.208. The Hall–Kier alpha value is -1.20. The van der Waals surface area contributed by atoms with Gasteiger partial charge < -0.3 is 15.0 Å². The first kappa shape index (κ1) is 17.2. The van der Waals surface area contributed by atoms with Gasteiger partial charge in [-0.3, -0.25) is 0 Å². The van der Waals surface area contributed by atoms with Crippen molar-refractivity contribution in [2.45, 2.75) is 43.2 Å².